The Hall–Kier alpha value is -2.91. The quantitative estimate of drug-likeness (QED) is 0.760. The van der Waals surface area contributed by atoms with E-state index in [2.05, 4.69) is 15.2 Å². The molecule has 2 aromatic heterocycles. The van der Waals surface area contributed by atoms with Gasteiger partial charge in [0.25, 0.3) is 11.8 Å². The molecule has 2 aromatic rings. The summed E-state index contributed by atoms with van der Waals surface area (Å²) >= 11 is 0. The molecule has 2 fully saturated rings. The topological polar surface area (TPSA) is 92.4 Å². The molecule has 1 saturated heterocycles. The molecule has 4 heterocycles. The second-order valence-electron chi connectivity index (χ2n) is 8.01. The third-order valence-corrected chi connectivity index (χ3v) is 6.26. The van der Waals surface area contributed by atoms with E-state index in [1.54, 1.807) is 6.07 Å². The average Bonchev–Trinajstić information content (AvgIpc) is 3.47. The molecule has 0 radical (unpaired) electrons. The molecule has 8 nitrogen and oxygen atoms in total. The lowest BCUT2D eigenvalue weighted by molar-refractivity contribution is -0.131. The van der Waals surface area contributed by atoms with Gasteiger partial charge in [-0.1, -0.05) is 12.8 Å². The Labute approximate surface area is 171 Å². The van der Waals surface area contributed by atoms with Crippen LogP contribution in [-0.2, 0) is 11.3 Å². The molecule has 0 N–H and O–H groups in total. The van der Waals surface area contributed by atoms with E-state index in [1.165, 1.54) is 6.20 Å². The van der Waals surface area contributed by atoms with Gasteiger partial charge in [0.15, 0.2) is 0 Å². The summed E-state index contributed by atoms with van der Waals surface area (Å²) < 4.78 is 30.4. The molecule has 0 bridgehead atoms. The van der Waals surface area contributed by atoms with Crippen molar-refractivity contribution in [3.05, 3.63) is 29.4 Å². The summed E-state index contributed by atoms with van der Waals surface area (Å²) in [6.45, 7) is 1.13. The van der Waals surface area contributed by atoms with Crippen LogP contribution in [0.25, 0.3) is 11.5 Å². The van der Waals surface area contributed by atoms with Crippen LogP contribution in [0.5, 0.6) is 0 Å². The van der Waals surface area contributed by atoms with Gasteiger partial charge in [0.1, 0.15) is 0 Å². The van der Waals surface area contributed by atoms with E-state index in [0.717, 1.165) is 38.6 Å². The fourth-order valence-corrected chi connectivity index (χ4v) is 4.85. The van der Waals surface area contributed by atoms with Crippen LogP contribution >= 0.6 is 0 Å². The first kappa shape index (κ1) is 19.1. The van der Waals surface area contributed by atoms with Crippen molar-refractivity contribution in [2.75, 3.05) is 6.54 Å². The zero-order valence-electron chi connectivity index (χ0n) is 16.3. The van der Waals surface area contributed by atoms with Crippen molar-refractivity contribution in [1.82, 2.24) is 25.0 Å². The molecule has 1 saturated carbocycles. The van der Waals surface area contributed by atoms with Gasteiger partial charge >= 0.3 is 6.43 Å². The van der Waals surface area contributed by atoms with Gasteiger partial charge in [0.2, 0.25) is 11.8 Å². The lowest BCUT2D eigenvalue weighted by Gasteiger charge is -2.42. The number of pyridine rings is 1. The Morgan fingerprint density at radius 2 is 1.83 bits per heavy atom. The lowest BCUT2D eigenvalue weighted by atomic mass is 9.88. The first-order valence-corrected chi connectivity index (χ1v) is 10.2. The van der Waals surface area contributed by atoms with E-state index < -0.39 is 12.3 Å². The largest absolute Gasteiger partial charge is 0.415 e. The number of hydrogen-bond donors (Lipinski definition) is 0. The molecule has 0 spiro atoms. The second kappa shape index (κ2) is 7.41. The van der Waals surface area contributed by atoms with E-state index in [4.69, 9.17) is 4.42 Å². The summed E-state index contributed by atoms with van der Waals surface area (Å²) in [6, 6.07) is 1.57. The van der Waals surface area contributed by atoms with E-state index in [1.807, 2.05) is 9.80 Å². The van der Waals surface area contributed by atoms with Gasteiger partial charge in [0.05, 0.1) is 35.4 Å². The van der Waals surface area contributed by atoms with Crippen LogP contribution in [0.1, 0.15) is 66.9 Å². The zero-order chi connectivity index (χ0) is 20.8. The first-order chi connectivity index (χ1) is 14.5. The number of carbonyl (C=O) groups excluding carboxylic acids is 2. The molecule has 0 unspecified atom stereocenters. The normalized spacial score (nSPS) is 24.2. The van der Waals surface area contributed by atoms with E-state index in [9.17, 15) is 18.4 Å². The van der Waals surface area contributed by atoms with Gasteiger partial charge in [-0.25, -0.2) is 0 Å². The molecule has 3 aliphatic rings. The minimum absolute atomic E-state index is 0.0380. The molecule has 2 aliphatic heterocycles. The standard InChI is InChI=1S/C20H21F2N5O3/c21-17(22)19-25-24-18(30-19)11-8-12-13(23-9-11)10-27(20(12)29)15-5-2-1-4-14(15)26-7-3-6-16(26)28/h8-9,14-15,17H,1-7,10H2/t14-,15-/m1/s1. The number of nitrogens with zero attached hydrogens (tertiary/aromatic N) is 5. The predicted octanol–water partition coefficient (Wildman–Crippen LogP) is 2.96. The Morgan fingerprint density at radius 3 is 2.50 bits per heavy atom. The van der Waals surface area contributed by atoms with Crippen molar-refractivity contribution in [2.24, 2.45) is 0 Å². The van der Waals surface area contributed by atoms with Gasteiger partial charge in [-0.2, -0.15) is 8.78 Å². The van der Waals surface area contributed by atoms with Crippen LogP contribution in [0, 0.1) is 0 Å². The molecular weight excluding hydrogens is 396 g/mol. The number of likely N-dealkylation sites (tertiary alicyclic amines) is 1. The van der Waals surface area contributed by atoms with Crippen LogP contribution in [-0.4, -0.2) is 55.4 Å². The minimum Gasteiger partial charge on any atom is -0.415 e. The highest BCUT2D eigenvalue weighted by atomic mass is 19.3. The van der Waals surface area contributed by atoms with E-state index in [0.29, 0.717) is 29.8 Å². The highest BCUT2D eigenvalue weighted by Gasteiger charge is 2.42. The van der Waals surface area contributed by atoms with Gasteiger partial charge in [-0.05, 0) is 25.3 Å². The zero-order valence-corrected chi connectivity index (χ0v) is 16.3. The van der Waals surface area contributed by atoms with Crippen molar-refractivity contribution in [3.8, 4) is 11.5 Å². The Morgan fingerprint density at radius 1 is 1.07 bits per heavy atom. The SMILES string of the molecule is O=C1CCCN1[C@@H]1CCCC[C@H]1N1Cc2ncc(-c3nnc(C(F)F)o3)cc2C1=O. The molecule has 10 heteroatoms. The molecule has 2 atom stereocenters. The number of aromatic nitrogens is 3. The molecule has 1 aliphatic carbocycles. The van der Waals surface area contributed by atoms with Gasteiger partial charge in [0, 0.05) is 19.2 Å². The fraction of sp³-hybridized carbons (Fsp3) is 0.550. The van der Waals surface area contributed by atoms with Gasteiger partial charge in [-0.15, -0.1) is 10.2 Å². The predicted molar refractivity (Wildman–Crippen MR) is 99.4 cm³/mol. The van der Waals surface area contributed by atoms with Crippen LogP contribution in [0.2, 0.25) is 0 Å². The molecule has 30 heavy (non-hydrogen) atoms. The first-order valence-electron chi connectivity index (χ1n) is 10.2. The summed E-state index contributed by atoms with van der Waals surface area (Å²) in [6.07, 6.45) is 3.85. The molecule has 158 valence electrons. The third kappa shape index (κ3) is 3.14. The third-order valence-electron chi connectivity index (χ3n) is 6.26. The highest BCUT2D eigenvalue weighted by Crippen LogP contribution is 2.35. The van der Waals surface area contributed by atoms with E-state index >= 15 is 0 Å². The van der Waals surface area contributed by atoms with Crippen molar-refractivity contribution >= 4 is 11.8 Å². The van der Waals surface area contributed by atoms with Gasteiger partial charge in [-0.3, -0.25) is 14.6 Å². The summed E-state index contributed by atoms with van der Waals surface area (Å²) in [4.78, 5) is 33.7. The average molecular weight is 417 g/mol. The fourth-order valence-electron chi connectivity index (χ4n) is 4.85. The minimum atomic E-state index is -2.86. The van der Waals surface area contributed by atoms with Gasteiger partial charge < -0.3 is 14.2 Å². The maximum atomic E-state index is 13.2. The Balaban J connectivity index is 1.41. The van der Waals surface area contributed by atoms with Crippen LogP contribution < -0.4 is 0 Å². The maximum absolute atomic E-state index is 13.2. The highest BCUT2D eigenvalue weighted by molar-refractivity contribution is 5.99. The van der Waals surface area contributed by atoms with E-state index in [-0.39, 0.29) is 29.8 Å². The van der Waals surface area contributed by atoms with Crippen molar-refractivity contribution in [3.63, 3.8) is 0 Å². The second-order valence-corrected chi connectivity index (χ2v) is 8.01. The van der Waals surface area contributed by atoms with Crippen LogP contribution in [0.3, 0.4) is 0 Å². The lowest BCUT2D eigenvalue weighted by Crippen LogP contribution is -2.53. The van der Waals surface area contributed by atoms with Crippen molar-refractivity contribution in [1.29, 1.82) is 0 Å². The van der Waals surface area contributed by atoms with Crippen molar-refractivity contribution < 1.29 is 22.8 Å². The summed E-state index contributed by atoms with van der Waals surface area (Å²) in [7, 11) is 0. The molecule has 2 amide bonds. The monoisotopic (exact) mass is 417 g/mol. The number of halogens is 2. The molecule has 0 aromatic carbocycles. The smallest absolute Gasteiger partial charge is 0.314 e. The number of alkyl halides is 2. The summed E-state index contributed by atoms with van der Waals surface area (Å²) in [5.74, 6) is -0.844. The Kier molecular flexibility index (Phi) is 4.71. The number of amides is 2. The Bertz CT molecular complexity index is 995. The summed E-state index contributed by atoms with van der Waals surface area (Å²) in [5, 5.41) is 6.96. The number of carbonyl (C=O) groups is 2. The number of rotatable bonds is 4. The molecular formula is C20H21F2N5O3. The van der Waals surface area contributed by atoms with Crippen LogP contribution in [0.15, 0.2) is 16.7 Å². The van der Waals surface area contributed by atoms with Crippen molar-refractivity contribution in [2.45, 2.75) is 63.6 Å². The molecule has 5 rings (SSSR count). The number of fused-ring (bicyclic) bond motifs is 1. The number of hydrogen-bond acceptors (Lipinski definition) is 6. The maximum Gasteiger partial charge on any atom is 0.314 e. The summed E-state index contributed by atoms with van der Waals surface area (Å²) in [5.41, 5.74) is 1.38. The van der Waals surface area contributed by atoms with Crippen LogP contribution in [0.4, 0.5) is 8.78 Å².